The van der Waals surface area contributed by atoms with Gasteiger partial charge in [-0.15, -0.1) is 0 Å². The van der Waals surface area contributed by atoms with Gasteiger partial charge in [0.25, 0.3) is 5.91 Å². The van der Waals surface area contributed by atoms with Crippen molar-refractivity contribution in [2.24, 2.45) is 17.4 Å². The SMILES string of the molecule is CC(C)CN(CC(N)=O)C(=O)COc1ccccc1CN. The molecule has 0 aliphatic rings. The average Bonchev–Trinajstić information content (AvgIpc) is 2.43. The number of nitrogens with two attached hydrogens (primary N) is 2. The molecule has 1 aromatic carbocycles. The lowest BCUT2D eigenvalue weighted by Gasteiger charge is -2.23. The van der Waals surface area contributed by atoms with Gasteiger partial charge < -0.3 is 21.1 Å². The molecule has 1 rings (SSSR count). The van der Waals surface area contributed by atoms with Crippen molar-refractivity contribution in [2.75, 3.05) is 19.7 Å². The molecule has 0 bridgehead atoms. The summed E-state index contributed by atoms with van der Waals surface area (Å²) in [6.07, 6.45) is 0. The number of amides is 2. The molecule has 0 atom stereocenters. The Hall–Kier alpha value is -2.08. The lowest BCUT2D eigenvalue weighted by Crippen LogP contribution is -2.42. The van der Waals surface area contributed by atoms with E-state index < -0.39 is 5.91 Å². The summed E-state index contributed by atoms with van der Waals surface area (Å²) in [6, 6.07) is 7.27. The molecule has 0 aliphatic heterocycles. The first-order valence-corrected chi connectivity index (χ1v) is 6.90. The van der Waals surface area contributed by atoms with Crippen molar-refractivity contribution < 1.29 is 14.3 Å². The highest BCUT2D eigenvalue weighted by molar-refractivity contribution is 5.84. The number of ether oxygens (including phenoxy) is 1. The number of rotatable bonds is 8. The van der Waals surface area contributed by atoms with Gasteiger partial charge in [-0.1, -0.05) is 32.0 Å². The van der Waals surface area contributed by atoms with Crippen molar-refractivity contribution in [3.05, 3.63) is 29.8 Å². The Labute approximate surface area is 125 Å². The fourth-order valence-corrected chi connectivity index (χ4v) is 1.93. The van der Waals surface area contributed by atoms with Crippen molar-refractivity contribution in [1.82, 2.24) is 4.90 Å². The van der Waals surface area contributed by atoms with Crippen LogP contribution in [0, 0.1) is 5.92 Å². The van der Waals surface area contributed by atoms with Crippen LogP contribution < -0.4 is 16.2 Å². The van der Waals surface area contributed by atoms with Gasteiger partial charge in [0.1, 0.15) is 5.75 Å². The molecule has 6 heteroatoms. The van der Waals surface area contributed by atoms with Crippen LogP contribution in [0.3, 0.4) is 0 Å². The molecule has 4 N–H and O–H groups in total. The summed E-state index contributed by atoms with van der Waals surface area (Å²) in [6.45, 7) is 4.48. The van der Waals surface area contributed by atoms with E-state index in [-0.39, 0.29) is 25.0 Å². The molecule has 1 aromatic rings. The van der Waals surface area contributed by atoms with Crippen LogP contribution in [0.5, 0.6) is 5.75 Å². The van der Waals surface area contributed by atoms with E-state index >= 15 is 0 Å². The predicted octanol–water partition coefficient (Wildman–Crippen LogP) is 0.494. The summed E-state index contributed by atoms with van der Waals surface area (Å²) in [5, 5.41) is 0. The molecule has 0 heterocycles. The Morgan fingerprint density at radius 2 is 1.95 bits per heavy atom. The maximum absolute atomic E-state index is 12.1. The largest absolute Gasteiger partial charge is 0.483 e. The van der Waals surface area contributed by atoms with Crippen LogP contribution in [0.1, 0.15) is 19.4 Å². The Balaban J connectivity index is 2.66. The smallest absolute Gasteiger partial charge is 0.260 e. The van der Waals surface area contributed by atoms with Crippen LogP contribution >= 0.6 is 0 Å². The zero-order chi connectivity index (χ0) is 15.8. The maximum Gasteiger partial charge on any atom is 0.260 e. The van der Waals surface area contributed by atoms with E-state index in [1.807, 2.05) is 32.0 Å². The highest BCUT2D eigenvalue weighted by Gasteiger charge is 2.18. The zero-order valence-corrected chi connectivity index (χ0v) is 12.5. The lowest BCUT2D eigenvalue weighted by molar-refractivity contribution is -0.137. The van der Waals surface area contributed by atoms with Crippen molar-refractivity contribution >= 4 is 11.8 Å². The van der Waals surface area contributed by atoms with E-state index in [0.717, 1.165) is 5.56 Å². The number of carbonyl (C=O) groups is 2. The quantitative estimate of drug-likeness (QED) is 0.729. The molecule has 0 aromatic heterocycles. The number of primary amides is 1. The minimum atomic E-state index is -0.536. The Morgan fingerprint density at radius 3 is 2.52 bits per heavy atom. The fraction of sp³-hybridized carbons (Fsp3) is 0.467. The van der Waals surface area contributed by atoms with E-state index in [2.05, 4.69) is 0 Å². The van der Waals surface area contributed by atoms with E-state index in [1.54, 1.807) is 6.07 Å². The molecule has 116 valence electrons. The second-order valence-corrected chi connectivity index (χ2v) is 5.23. The summed E-state index contributed by atoms with van der Waals surface area (Å²) in [5.74, 6) is 0.0160. The van der Waals surface area contributed by atoms with E-state index in [1.165, 1.54) is 4.90 Å². The van der Waals surface area contributed by atoms with Crippen LogP contribution in [0.25, 0.3) is 0 Å². The van der Waals surface area contributed by atoms with Crippen molar-refractivity contribution in [1.29, 1.82) is 0 Å². The van der Waals surface area contributed by atoms with Gasteiger partial charge in [-0.05, 0) is 12.0 Å². The summed E-state index contributed by atoms with van der Waals surface area (Å²) in [5.41, 5.74) is 11.6. The highest BCUT2D eigenvalue weighted by atomic mass is 16.5. The van der Waals surface area contributed by atoms with E-state index in [9.17, 15) is 9.59 Å². The molecule has 0 saturated carbocycles. The molecule has 6 nitrogen and oxygen atoms in total. The fourth-order valence-electron chi connectivity index (χ4n) is 1.93. The molecule has 0 radical (unpaired) electrons. The van der Waals surface area contributed by atoms with E-state index in [4.69, 9.17) is 16.2 Å². The first-order chi connectivity index (χ1) is 9.93. The normalized spacial score (nSPS) is 10.5. The Bertz CT molecular complexity index is 489. The van der Waals surface area contributed by atoms with Gasteiger partial charge in [0.05, 0.1) is 6.54 Å². The molecule has 0 unspecified atom stereocenters. The Kier molecular flexibility index (Phi) is 6.68. The topological polar surface area (TPSA) is 98.6 Å². The molecule has 0 spiro atoms. The number of hydrogen-bond donors (Lipinski definition) is 2. The highest BCUT2D eigenvalue weighted by Crippen LogP contribution is 2.17. The third kappa shape index (κ3) is 5.83. The molecule has 0 aliphatic carbocycles. The zero-order valence-electron chi connectivity index (χ0n) is 12.5. The standard InChI is InChI=1S/C15H23N3O3/c1-11(2)8-18(9-14(17)19)15(20)10-21-13-6-4-3-5-12(13)7-16/h3-6,11H,7-10,16H2,1-2H3,(H2,17,19). The van der Waals surface area contributed by atoms with Gasteiger partial charge in [-0.2, -0.15) is 0 Å². The van der Waals surface area contributed by atoms with E-state index in [0.29, 0.717) is 18.8 Å². The summed E-state index contributed by atoms with van der Waals surface area (Å²) in [4.78, 5) is 24.6. The molecule has 0 saturated heterocycles. The van der Waals surface area contributed by atoms with Gasteiger partial charge in [0.2, 0.25) is 5.91 Å². The predicted molar refractivity (Wildman–Crippen MR) is 80.4 cm³/mol. The van der Waals surface area contributed by atoms with Gasteiger partial charge in [0.15, 0.2) is 6.61 Å². The first kappa shape index (κ1) is 17.0. The molecule has 0 fully saturated rings. The second-order valence-electron chi connectivity index (χ2n) is 5.23. The molecular weight excluding hydrogens is 270 g/mol. The van der Waals surface area contributed by atoms with Crippen LogP contribution in [-0.2, 0) is 16.1 Å². The van der Waals surface area contributed by atoms with Gasteiger partial charge in [-0.3, -0.25) is 9.59 Å². The molecule has 2 amide bonds. The van der Waals surface area contributed by atoms with Crippen molar-refractivity contribution in [2.45, 2.75) is 20.4 Å². The van der Waals surface area contributed by atoms with Gasteiger partial charge in [0, 0.05) is 18.7 Å². The third-order valence-electron chi connectivity index (χ3n) is 2.83. The van der Waals surface area contributed by atoms with Crippen molar-refractivity contribution in [3.63, 3.8) is 0 Å². The average molecular weight is 293 g/mol. The van der Waals surface area contributed by atoms with Crippen LogP contribution in [-0.4, -0.2) is 36.4 Å². The summed E-state index contributed by atoms with van der Waals surface area (Å²) >= 11 is 0. The third-order valence-corrected chi connectivity index (χ3v) is 2.83. The number of para-hydroxylation sites is 1. The number of benzene rings is 1. The maximum atomic E-state index is 12.1. The minimum absolute atomic E-state index is 0.0983. The van der Waals surface area contributed by atoms with Crippen molar-refractivity contribution in [3.8, 4) is 5.75 Å². The van der Waals surface area contributed by atoms with Crippen LogP contribution in [0.4, 0.5) is 0 Å². The van der Waals surface area contributed by atoms with Gasteiger partial charge >= 0.3 is 0 Å². The monoisotopic (exact) mass is 293 g/mol. The van der Waals surface area contributed by atoms with Crippen LogP contribution in [0.2, 0.25) is 0 Å². The minimum Gasteiger partial charge on any atom is -0.483 e. The Morgan fingerprint density at radius 1 is 1.29 bits per heavy atom. The first-order valence-electron chi connectivity index (χ1n) is 6.90. The lowest BCUT2D eigenvalue weighted by atomic mass is 10.2. The molecule has 21 heavy (non-hydrogen) atoms. The molecular formula is C15H23N3O3. The van der Waals surface area contributed by atoms with Crippen LogP contribution in [0.15, 0.2) is 24.3 Å². The second kappa shape index (κ2) is 8.26. The number of nitrogens with zero attached hydrogens (tertiary/aromatic N) is 1. The summed E-state index contributed by atoms with van der Waals surface area (Å²) in [7, 11) is 0. The number of carbonyl (C=O) groups excluding carboxylic acids is 2. The van der Waals surface area contributed by atoms with Gasteiger partial charge in [-0.25, -0.2) is 0 Å². The summed E-state index contributed by atoms with van der Waals surface area (Å²) < 4.78 is 5.51. The number of hydrogen-bond acceptors (Lipinski definition) is 4.